The number of phenols is 1. The third kappa shape index (κ3) is 18.3. The van der Waals surface area contributed by atoms with E-state index in [2.05, 4.69) is 36.9 Å². The normalized spacial score (nSPS) is 14.2. The number of rotatable bonds is 23. The number of nitrogens with one attached hydrogen (secondary N) is 6. The van der Waals surface area contributed by atoms with Gasteiger partial charge in [-0.1, -0.05) is 51.6 Å². The standard InChI is InChI=1S/C36H58N10O9S/c1-18(2)15-25(42-21(6)47)32(52)45-26(16-22-10-12-23(48)13-11-22)33(53)43-24(9-8-14-40-36(38)39)31(51)41-20(5)30(50)44-27(17-28(37)49)34(54)46-29(19(3)4)35(55)56-7/h10-13,18-20,24-27,29,48H,8-9,14-17H2,1-7H3,(H2,37,49)(H,41,51)(H,42,47)(H,43,53)(H,44,50)(H,45,52)(H,46,54)(H4,38,39,40)/t20-,24-,25-,26-,27-,29-/m0/s1. The van der Waals surface area contributed by atoms with Crippen LogP contribution in [0.25, 0.3) is 0 Å². The molecule has 6 atom stereocenters. The fraction of sp³-hybridized carbons (Fsp3) is 0.583. The molecule has 312 valence electrons. The van der Waals surface area contributed by atoms with Crippen LogP contribution in [-0.2, 0) is 44.8 Å². The highest BCUT2D eigenvalue weighted by molar-refractivity contribution is 8.13. The molecule has 1 aromatic rings. The van der Waals surface area contributed by atoms with Crippen LogP contribution in [0.1, 0.15) is 72.8 Å². The van der Waals surface area contributed by atoms with Crippen LogP contribution in [0.3, 0.4) is 0 Å². The fourth-order valence-electron chi connectivity index (χ4n) is 5.31. The third-order valence-electron chi connectivity index (χ3n) is 8.20. The molecule has 7 amide bonds. The molecule has 0 saturated heterocycles. The summed E-state index contributed by atoms with van der Waals surface area (Å²) in [5.74, 6) is -5.85. The van der Waals surface area contributed by atoms with Crippen LogP contribution in [0.15, 0.2) is 29.3 Å². The third-order valence-corrected chi connectivity index (χ3v) is 8.85. The summed E-state index contributed by atoms with van der Waals surface area (Å²) in [6, 6.07) is -1.35. The van der Waals surface area contributed by atoms with E-state index in [9.17, 15) is 43.5 Å². The highest BCUT2D eigenvalue weighted by atomic mass is 32.2. The average molecular weight is 807 g/mol. The van der Waals surface area contributed by atoms with Gasteiger partial charge in [0.25, 0.3) is 0 Å². The Bertz CT molecular complexity index is 1570. The molecule has 20 heteroatoms. The zero-order chi connectivity index (χ0) is 42.7. The molecule has 0 aliphatic heterocycles. The molecule has 0 fully saturated rings. The number of hydrogen-bond acceptors (Lipinski definition) is 11. The van der Waals surface area contributed by atoms with Gasteiger partial charge in [0.1, 0.15) is 42.0 Å². The number of carbonyl (C=O) groups excluding carboxylic acids is 8. The predicted octanol–water partition coefficient (Wildman–Crippen LogP) is -1.60. The van der Waals surface area contributed by atoms with Crippen molar-refractivity contribution in [3.63, 3.8) is 0 Å². The van der Waals surface area contributed by atoms with Crippen molar-refractivity contribution in [2.75, 3.05) is 12.8 Å². The van der Waals surface area contributed by atoms with Gasteiger partial charge in [-0.3, -0.25) is 43.3 Å². The van der Waals surface area contributed by atoms with Crippen LogP contribution in [-0.4, -0.2) is 107 Å². The molecule has 56 heavy (non-hydrogen) atoms. The minimum atomic E-state index is -1.48. The lowest BCUT2D eigenvalue weighted by Crippen LogP contribution is -2.59. The number of amides is 7. The second-order valence-electron chi connectivity index (χ2n) is 14.0. The maximum absolute atomic E-state index is 13.9. The van der Waals surface area contributed by atoms with Crippen molar-refractivity contribution in [3.8, 4) is 5.75 Å². The molecule has 0 saturated carbocycles. The maximum atomic E-state index is 13.9. The first-order chi connectivity index (χ1) is 26.1. The number of nitrogens with zero attached hydrogens (tertiary/aromatic N) is 1. The van der Waals surface area contributed by atoms with Gasteiger partial charge in [-0.15, -0.1) is 0 Å². The van der Waals surface area contributed by atoms with Crippen molar-refractivity contribution in [1.82, 2.24) is 31.9 Å². The molecule has 0 aliphatic carbocycles. The van der Waals surface area contributed by atoms with Crippen molar-refractivity contribution in [2.45, 2.75) is 110 Å². The van der Waals surface area contributed by atoms with E-state index >= 15 is 0 Å². The van der Waals surface area contributed by atoms with Crippen LogP contribution >= 0.6 is 11.8 Å². The summed E-state index contributed by atoms with van der Waals surface area (Å²) in [6.07, 6.45) is 1.31. The highest BCUT2D eigenvalue weighted by Gasteiger charge is 2.33. The molecule has 0 radical (unpaired) electrons. The van der Waals surface area contributed by atoms with E-state index in [0.29, 0.717) is 5.56 Å². The van der Waals surface area contributed by atoms with Crippen molar-refractivity contribution in [3.05, 3.63) is 29.8 Å². The molecule has 0 aromatic heterocycles. The molecule has 19 nitrogen and oxygen atoms in total. The molecule has 1 aromatic carbocycles. The van der Waals surface area contributed by atoms with E-state index < -0.39 is 84.0 Å². The highest BCUT2D eigenvalue weighted by Crippen LogP contribution is 2.14. The van der Waals surface area contributed by atoms with Crippen LogP contribution in [0.5, 0.6) is 5.75 Å². The summed E-state index contributed by atoms with van der Waals surface area (Å²) in [4.78, 5) is 107. The van der Waals surface area contributed by atoms with E-state index in [-0.39, 0.29) is 60.9 Å². The largest absolute Gasteiger partial charge is 0.508 e. The van der Waals surface area contributed by atoms with Crippen LogP contribution < -0.4 is 49.1 Å². The Morgan fingerprint density at radius 1 is 0.714 bits per heavy atom. The zero-order valence-corrected chi connectivity index (χ0v) is 33.8. The van der Waals surface area contributed by atoms with Gasteiger partial charge in [0.2, 0.25) is 46.5 Å². The Hall–Kier alpha value is -5.40. The fourth-order valence-corrected chi connectivity index (χ4v) is 5.89. The number of carbonyl (C=O) groups is 8. The maximum Gasteiger partial charge on any atom is 0.243 e. The molecule has 0 heterocycles. The molecule has 0 unspecified atom stereocenters. The van der Waals surface area contributed by atoms with Crippen molar-refractivity contribution < 1.29 is 43.5 Å². The number of hydrogen-bond donors (Lipinski definition) is 10. The van der Waals surface area contributed by atoms with Gasteiger partial charge in [0, 0.05) is 19.9 Å². The zero-order valence-electron chi connectivity index (χ0n) is 33.0. The second kappa shape index (κ2) is 24.2. The number of primary amides is 1. The number of phenolic OH excluding ortho intramolecular Hbond substituents is 1. The molecular weight excluding hydrogens is 749 g/mol. The minimum Gasteiger partial charge on any atom is -0.508 e. The van der Waals surface area contributed by atoms with Crippen LogP contribution in [0, 0.1) is 11.8 Å². The Morgan fingerprint density at radius 3 is 1.77 bits per heavy atom. The lowest BCUT2D eigenvalue weighted by Gasteiger charge is -2.27. The smallest absolute Gasteiger partial charge is 0.243 e. The monoisotopic (exact) mass is 806 g/mol. The van der Waals surface area contributed by atoms with Gasteiger partial charge in [-0.25, -0.2) is 0 Å². The Kier molecular flexibility index (Phi) is 21.0. The molecule has 0 bridgehead atoms. The number of benzene rings is 1. The Balaban J connectivity index is 3.35. The summed E-state index contributed by atoms with van der Waals surface area (Å²) in [5, 5.41) is 24.8. The van der Waals surface area contributed by atoms with Crippen LogP contribution in [0.2, 0.25) is 0 Å². The van der Waals surface area contributed by atoms with Gasteiger partial charge in [-0.2, -0.15) is 0 Å². The van der Waals surface area contributed by atoms with E-state index in [4.69, 9.17) is 17.2 Å². The summed E-state index contributed by atoms with van der Waals surface area (Å²) in [5.41, 5.74) is 16.8. The summed E-state index contributed by atoms with van der Waals surface area (Å²) in [6.45, 7) is 9.80. The van der Waals surface area contributed by atoms with Gasteiger partial charge < -0.3 is 54.2 Å². The van der Waals surface area contributed by atoms with E-state index in [1.807, 2.05) is 13.8 Å². The SMILES string of the molecule is CSC(=O)[C@@H](NC(=O)[C@H](CC(N)=O)NC(=O)[C@H](C)NC(=O)[C@H](CCCN=C(N)N)NC(=O)[C@H](Cc1ccc(O)cc1)NC(=O)[C@H](CC(C)C)NC(C)=O)C(C)C. The first-order valence-corrected chi connectivity index (χ1v) is 19.4. The van der Waals surface area contributed by atoms with Crippen molar-refractivity contribution >= 4 is 64.2 Å². The molecule has 1 rings (SSSR count). The Morgan fingerprint density at radius 2 is 1.25 bits per heavy atom. The number of aromatic hydroxyl groups is 1. The molecule has 0 spiro atoms. The molecular formula is C36H58N10O9S. The summed E-state index contributed by atoms with van der Waals surface area (Å²) in [7, 11) is 0. The number of aliphatic imine (C=N–C) groups is 1. The topological polar surface area (TPSA) is 319 Å². The number of guanidine groups is 1. The summed E-state index contributed by atoms with van der Waals surface area (Å²) < 4.78 is 0. The van der Waals surface area contributed by atoms with Gasteiger partial charge in [0.05, 0.1) is 6.42 Å². The number of thioether (sulfide) groups is 1. The number of nitrogens with two attached hydrogens (primary N) is 3. The van der Waals surface area contributed by atoms with Gasteiger partial charge in [-0.05, 0) is 62.0 Å². The minimum absolute atomic E-state index is 0.00114. The molecule has 13 N–H and O–H groups in total. The first-order valence-electron chi connectivity index (χ1n) is 18.1. The van der Waals surface area contributed by atoms with Gasteiger partial charge >= 0.3 is 0 Å². The van der Waals surface area contributed by atoms with E-state index in [1.54, 1.807) is 32.2 Å². The van der Waals surface area contributed by atoms with E-state index in [1.165, 1.54) is 26.0 Å². The molecule has 0 aliphatic rings. The second-order valence-corrected chi connectivity index (χ2v) is 14.9. The lowest BCUT2D eigenvalue weighted by atomic mass is 10.0. The predicted molar refractivity (Wildman–Crippen MR) is 211 cm³/mol. The van der Waals surface area contributed by atoms with Gasteiger partial charge in [0.15, 0.2) is 5.96 Å². The first kappa shape index (κ1) is 48.6. The quantitative estimate of drug-likeness (QED) is 0.0340. The van der Waals surface area contributed by atoms with Crippen molar-refractivity contribution in [2.24, 2.45) is 34.0 Å². The Labute approximate surface area is 331 Å². The van der Waals surface area contributed by atoms with Crippen molar-refractivity contribution in [1.29, 1.82) is 0 Å². The van der Waals surface area contributed by atoms with E-state index in [0.717, 1.165) is 11.8 Å². The van der Waals surface area contributed by atoms with Crippen LogP contribution in [0.4, 0.5) is 0 Å². The summed E-state index contributed by atoms with van der Waals surface area (Å²) >= 11 is 0.905. The average Bonchev–Trinajstić information content (AvgIpc) is 3.10. The lowest BCUT2D eigenvalue weighted by molar-refractivity contribution is -0.135.